The van der Waals surface area contributed by atoms with E-state index in [1.54, 1.807) is 11.8 Å². The highest BCUT2D eigenvalue weighted by Crippen LogP contribution is 2.18. The van der Waals surface area contributed by atoms with Crippen LogP contribution in [0.2, 0.25) is 0 Å². The number of hydrogen-bond acceptors (Lipinski definition) is 3. The van der Waals surface area contributed by atoms with Crippen molar-refractivity contribution in [3.8, 4) is 0 Å². The van der Waals surface area contributed by atoms with Gasteiger partial charge in [0.1, 0.15) is 6.04 Å². The lowest BCUT2D eigenvalue weighted by Crippen LogP contribution is -2.52. The first-order chi connectivity index (χ1) is 7.07. The zero-order valence-corrected chi connectivity index (χ0v) is 9.11. The standard InChI is InChI=1S/C10H19N3O2/c1-7(6-11)10(15)13-5-3-2-4-8(13)9(12)14/h7-8H,2-6,11H2,1H3,(H2,12,14). The van der Waals surface area contributed by atoms with Gasteiger partial charge < -0.3 is 16.4 Å². The summed E-state index contributed by atoms with van der Waals surface area (Å²) in [7, 11) is 0. The molecule has 15 heavy (non-hydrogen) atoms. The molecule has 86 valence electrons. The highest BCUT2D eigenvalue weighted by atomic mass is 16.2. The SMILES string of the molecule is CC(CN)C(=O)N1CCCCC1C(N)=O. The summed E-state index contributed by atoms with van der Waals surface area (Å²) in [5, 5.41) is 0. The molecule has 2 amide bonds. The van der Waals surface area contributed by atoms with Gasteiger partial charge in [-0.15, -0.1) is 0 Å². The first-order valence-corrected chi connectivity index (χ1v) is 5.37. The van der Waals surface area contributed by atoms with E-state index >= 15 is 0 Å². The molecule has 0 radical (unpaired) electrons. The second kappa shape index (κ2) is 5.11. The van der Waals surface area contributed by atoms with Crippen LogP contribution < -0.4 is 11.5 Å². The van der Waals surface area contributed by atoms with Crippen LogP contribution in [0.15, 0.2) is 0 Å². The van der Waals surface area contributed by atoms with E-state index in [9.17, 15) is 9.59 Å². The molecular formula is C10H19N3O2. The van der Waals surface area contributed by atoms with Crippen molar-refractivity contribution in [2.75, 3.05) is 13.1 Å². The molecule has 1 aliphatic rings. The van der Waals surface area contributed by atoms with Crippen molar-refractivity contribution in [2.24, 2.45) is 17.4 Å². The van der Waals surface area contributed by atoms with Gasteiger partial charge in [0.2, 0.25) is 11.8 Å². The lowest BCUT2D eigenvalue weighted by molar-refractivity contribution is -0.143. The minimum atomic E-state index is -0.430. The quantitative estimate of drug-likeness (QED) is 0.659. The fourth-order valence-electron chi connectivity index (χ4n) is 1.88. The molecule has 0 bridgehead atoms. The molecular weight excluding hydrogens is 194 g/mol. The van der Waals surface area contributed by atoms with E-state index in [1.807, 2.05) is 0 Å². The number of nitrogens with zero attached hydrogens (tertiary/aromatic N) is 1. The molecule has 4 N–H and O–H groups in total. The normalized spacial score (nSPS) is 23.6. The van der Waals surface area contributed by atoms with Crippen molar-refractivity contribution >= 4 is 11.8 Å². The maximum Gasteiger partial charge on any atom is 0.240 e. The van der Waals surface area contributed by atoms with Gasteiger partial charge in [-0.3, -0.25) is 9.59 Å². The Labute approximate surface area is 89.8 Å². The van der Waals surface area contributed by atoms with E-state index < -0.39 is 11.9 Å². The summed E-state index contributed by atoms with van der Waals surface area (Å²) >= 11 is 0. The Morgan fingerprint density at radius 1 is 1.47 bits per heavy atom. The molecule has 2 unspecified atom stereocenters. The summed E-state index contributed by atoms with van der Waals surface area (Å²) in [5.74, 6) is -0.696. The molecule has 0 aromatic carbocycles. The van der Waals surface area contributed by atoms with Crippen molar-refractivity contribution in [3.63, 3.8) is 0 Å². The summed E-state index contributed by atoms with van der Waals surface area (Å²) in [4.78, 5) is 24.6. The number of rotatable bonds is 3. The minimum absolute atomic E-state index is 0.0546. The topological polar surface area (TPSA) is 89.4 Å². The van der Waals surface area contributed by atoms with Gasteiger partial charge in [-0.25, -0.2) is 0 Å². The molecule has 1 aliphatic heterocycles. The van der Waals surface area contributed by atoms with E-state index in [-0.39, 0.29) is 11.8 Å². The molecule has 1 heterocycles. The third-order valence-electron chi connectivity index (χ3n) is 2.89. The highest BCUT2D eigenvalue weighted by Gasteiger charge is 2.32. The second-order valence-electron chi connectivity index (χ2n) is 4.08. The first-order valence-electron chi connectivity index (χ1n) is 5.37. The number of carbonyl (C=O) groups is 2. The van der Waals surface area contributed by atoms with Crippen LogP contribution in [0.1, 0.15) is 26.2 Å². The summed E-state index contributed by atoms with van der Waals surface area (Å²) in [6, 6.07) is -0.430. The average Bonchev–Trinajstić information content (AvgIpc) is 2.27. The Morgan fingerprint density at radius 2 is 2.13 bits per heavy atom. The van der Waals surface area contributed by atoms with E-state index in [1.165, 1.54) is 0 Å². The number of primary amides is 1. The van der Waals surface area contributed by atoms with Crippen molar-refractivity contribution < 1.29 is 9.59 Å². The Bertz CT molecular complexity index is 255. The smallest absolute Gasteiger partial charge is 0.240 e. The van der Waals surface area contributed by atoms with Crippen molar-refractivity contribution in [1.82, 2.24) is 4.90 Å². The number of amides is 2. The molecule has 5 heteroatoms. The number of likely N-dealkylation sites (tertiary alicyclic amines) is 1. The van der Waals surface area contributed by atoms with Crippen LogP contribution in [0.3, 0.4) is 0 Å². The third-order valence-corrected chi connectivity index (χ3v) is 2.89. The molecule has 0 spiro atoms. The Hall–Kier alpha value is -1.10. The second-order valence-corrected chi connectivity index (χ2v) is 4.08. The van der Waals surface area contributed by atoms with Crippen molar-refractivity contribution in [1.29, 1.82) is 0 Å². The molecule has 1 rings (SSSR count). The fraction of sp³-hybridized carbons (Fsp3) is 0.800. The summed E-state index contributed by atoms with van der Waals surface area (Å²) in [5.41, 5.74) is 10.7. The number of nitrogens with two attached hydrogens (primary N) is 2. The molecule has 0 saturated carbocycles. The summed E-state index contributed by atoms with van der Waals surface area (Å²) in [6.07, 6.45) is 2.57. The molecule has 0 aliphatic carbocycles. The maximum atomic E-state index is 11.9. The first kappa shape index (κ1) is 12.0. The van der Waals surface area contributed by atoms with E-state index in [0.29, 0.717) is 19.5 Å². The van der Waals surface area contributed by atoms with Crippen LogP contribution in [0.5, 0.6) is 0 Å². The third kappa shape index (κ3) is 2.68. The van der Waals surface area contributed by atoms with Crippen molar-refractivity contribution in [3.05, 3.63) is 0 Å². The van der Waals surface area contributed by atoms with Gasteiger partial charge in [0.25, 0.3) is 0 Å². The number of hydrogen-bond donors (Lipinski definition) is 2. The maximum absolute atomic E-state index is 11.9. The van der Waals surface area contributed by atoms with Gasteiger partial charge in [-0.05, 0) is 19.3 Å². The number of piperidine rings is 1. The monoisotopic (exact) mass is 213 g/mol. The highest BCUT2D eigenvalue weighted by molar-refractivity contribution is 5.87. The van der Waals surface area contributed by atoms with E-state index in [4.69, 9.17) is 11.5 Å². The van der Waals surface area contributed by atoms with Gasteiger partial charge in [-0.2, -0.15) is 0 Å². The van der Waals surface area contributed by atoms with Gasteiger partial charge in [0.15, 0.2) is 0 Å². The van der Waals surface area contributed by atoms with Crippen LogP contribution in [0.4, 0.5) is 0 Å². The molecule has 5 nitrogen and oxygen atoms in total. The fourth-order valence-corrected chi connectivity index (χ4v) is 1.88. The minimum Gasteiger partial charge on any atom is -0.368 e. The van der Waals surface area contributed by atoms with Gasteiger partial charge in [-0.1, -0.05) is 6.92 Å². The molecule has 0 aromatic heterocycles. The van der Waals surface area contributed by atoms with E-state index in [2.05, 4.69) is 0 Å². The van der Waals surface area contributed by atoms with Gasteiger partial charge >= 0.3 is 0 Å². The lowest BCUT2D eigenvalue weighted by Gasteiger charge is -2.35. The average molecular weight is 213 g/mol. The number of carbonyl (C=O) groups excluding carboxylic acids is 2. The Kier molecular flexibility index (Phi) is 4.08. The molecule has 1 fully saturated rings. The van der Waals surface area contributed by atoms with Crippen LogP contribution in [-0.4, -0.2) is 35.8 Å². The lowest BCUT2D eigenvalue weighted by atomic mass is 9.99. The predicted molar refractivity (Wildman–Crippen MR) is 56.8 cm³/mol. The summed E-state index contributed by atoms with van der Waals surface area (Å²) in [6.45, 7) is 2.70. The Balaban J connectivity index is 2.71. The van der Waals surface area contributed by atoms with Crippen LogP contribution >= 0.6 is 0 Å². The molecule has 1 saturated heterocycles. The predicted octanol–water partition coefficient (Wildman–Crippen LogP) is -0.552. The van der Waals surface area contributed by atoms with Crippen LogP contribution in [-0.2, 0) is 9.59 Å². The zero-order chi connectivity index (χ0) is 11.4. The van der Waals surface area contributed by atoms with Gasteiger partial charge in [0.05, 0.1) is 0 Å². The largest absolute Gasteiger partial charge is 0.368 e. The molecule has 2 atom stereocenters. The zero-order valence-electron chi connectivity index (χ0n) is 9.11. The van der Waals surface area contributed by atoms with Crippen LogP contribution in [0.25, 0.3) is 0 Å². The van der Waals surface area contributed by atoms with Crippen molar-refractivity contribution in [2.45, 2.75) is 32.2 Å². The van der Waals surface area contributed by atoms with E-state index in [0.717, 1.165) is 12.8 Å². The molecule has 0 aromatic rings. The van der Waals surface area contributed by atoms with Gasteiger partial charge in [0, 0.05) is 19.0 Å². The van der Waals surface area contributed by atoms with Crippen LogP contribution in [0, 0.1) is 5.92 Å². The Morgan fingerprint density at radius 3 is 2.67 bits per heavy atom. The summed E-state index contributed by atoms with van der Waals surface area (Å²) < 4.78 is 0.